The molecule has 0 heterocycles. The number of hydrogen-bond acceptors (Lipinski definition) is 0. The minimum Gasteiger partial charge on any atom is -0.206 e. The van der Waals surface area contributed by atoms with Gasteiger partial charge in [0.2, 0.25) is 0 Å². The molecule has 0 atom stereocenters. The van der Waals surface area contributed by atoms with E-state index in [1.807, 2.05) is 6.92 Å². The van der Waals surface area contributed by atoms with Crippen molar-refractivity contribution >= 4 is 0 Å². The molecular weight excluding hydrogens is 189 g/mol. The molecular formula is C11H17F3. The minimum absolute atomic E-state index is 0.130. The quantitative estimate of drug-likeness (QED) is 0.407. The van der Waals surface area contributed by atoms with Gasteiger partial charge < -0.3 is 0 Å². The van der Waals surface area contributed by atoms with E-state index in [4.69, 9.17) is 0 Å². The summed E-state index contributed by atoms with van der Waals surface area (Å²) in [7, 11) is 0. The summed E-state index contributed by atoms with van der Waals surface area (Å²) in [5, 5.41) is 0. The lowest BCUT2D eigenvalue weighted by atomic mass is 10.1. The van der Waals surface area contributed by atoms with Gasteiger partial charge in [0, 0.05) is 6.42 Å². The fourth-order valence-electron chi connectivity index (χ4n) is 1.16. The van der Waals surface area contributed by atoms with Crippen LogP contribution in [-0.2, 0) is 0 Å². The first kappa shape index (κ1) is 13.3. The fourth-order valence-corrected chi connectivity index (χ4v) is 1.16. The van der Waals surface area contributed by atoms with Gasteiger partial charge in [0.15, 0.2) is 5.83 Å². The Labute approximate surface area is 83.5 Å². The number of unbranched alkanes of at least 4 members (excludes halogenated alkanes) is 3. The van der Waals surface area contributed by atoms with Crippen molar-refractivity contribution in [3.05, 3.63) is 24.1 Å². The average Bonchev–Trinajstić information content (AvgIpc) is 2.09. The molecule has 0 N–H and O–H groups in total. The molecule has 0 aromatic carbocycles. The second-order valence-corrected chi connectivity index (χ2v) is 3.54. The largest absolute Gasteiger partial charge is 0.301 e. The Bertz CT molecular complexity index is 203. The van der Waals surface area contributed by atoms with Crippen molar-refractivity contribution in [1.29, 1.82) is 0 Å². The standard InChI is InChI=1S/C11H17F3/c1-9(2)7-5-3-4-6-8-10(12)11(13)14/h1,3-8H2,2H3. The predicted molar refractivity (Wildman–Crippen MR) is 52.9 cm³/mol. The van der Waals surface area contributed by atoms with Crippen LogP contribution in [0.2, 0.25) is 0 Å². The maximum absolute atomic E-state index is 12.3. The summed E-state index contributed by atoms with van der Waals surface area (Å²) in [4.78, 5) is 0. The first-order valence-corrected chi connectivity index (χ1v) is 4.88. The van der Waals surface area contributed by atoms with Crippen LogP contribution in [-0.4, -0.2) is 0 Å². The maximum atomic E-state index is 12.3. The van der Waals surface area contributed by atoms with Crippen LogP contribution < -0.4 is 0 Å². The molecule has 0 nitrogen and oxygen atoms in total. The first-order chi connectivity index (χ1) is 6.54. The Kier molecular flexibility index (Phi) is 7.25. The fraction of sp³-hybridized carbons (Fsp3) is 0.636. The van der Waals surface area contributed by atoms with E-state index in [2.05, 4.69) is 6.58 Å². The molecule has 0 aromatic rings. The highest BCUT2D eigenvalue weighted by Crippen LogP contribution is 2.17. The van der Waals surface area contributed by atoms with Crippen molar-refractivity contribution in [3.63, 3.8) is 0 Å². The van der Waals surface area contributed by atoms with Gasteiger partial charge in [-0.25, -0.2) is 4.39 Å². The third-order valence-corrected chi connectivity index (χ3v) is 1.95. The first-order valence-electron chi connectivity index (χ1n) is 4.88. The monoisotopic (exact) mass is 206 g/mol. The molecule has 0 bridgehead atoms. The number of allylic oxidation sites excluding steroid dienone is 2. The van der Waals surface area contributed by atoms with Gasteiger partial charge in [-0.1, -0.05) is 18.4 Å². The summed E-state index contributed by atoms with van der Waals surface area (Å²) in [6.45, 7) is 5.72. The molecule has 0 aliphatic carbocycles. The van der Waals surface area contributed by atoms with Crippen LogP contribution in [0.15, 0.2) is 24.1 Å². The van der Waals surface area contributed by atoms with E-state index in [0.29, 0.717) is 6.42 Å². The summed E-state index contributed by atoms with van der Waals surface area (Å²) in [5.41, 5.74) is 1.13. The van der Waals surface area contributed by atoms with Gasteiger partial charge in [0.1, 0.15) is 0 Å². The van der Waals surface area contributed by atoms with Gasteiger partial charge in [-0.05, 0) is 26.2 Å². The summed E-state index contributed by atoms with van der Waals surface area (Å²) in [6, 6.07) is 0. The third kappa shape index (κ3) is 7.90. The van der Waals surface area contributed by atoms with Crippen molar-refractivity contribution in [1.82, 2.24) is 0 Å². The second-order valence-electron chi connectivity index (χ2n) is 3.54. The van der Waals surface area contributed by atoms with Crippen LogP contribution in [0.3, 0.4) is 0 Å². The molecule has 82 valence electrons. The summed E-state index contributed by atoms with van der Waals surface area (Å²) in [6.07, 6.45) is 1.93. The zero-order valence-corrected chi connectivity index (χ0v) is 8.58. The zero-order chi connectivity index (χ0) is 11.0. The Balaban J connectivity index is 3.31. The molecule has 0 fully saturated rings. The van der Waals surface area contributed by atoms with Crippen LogP contribution >= 0.6 is 0 Å². The van der Waals surface area contributed by atoms with Crippen molar-refractivity contribution in [3.8, 4) is 0 Å². The van der Waals surface area contributed by atoms with Gasteiger partial charge in [-0.2, -0.15) is 8.78 Å². The lowest BCUT2D eigenvalue weighted by molar-refractivity contribution is 0.367. The highest BCUT2D eigenvalue weighted by Gasteiger charge is 2.03. The third-order valence-electron chi connectivity index (χ3n) is 1.95. The second kappa shape index (κ2) is 7.65. The molecule has 0 saturated heterocycles. The minimum atomic E-state index is -2.17. The summed E-state index contributed by atoms with van der Waals surface area (Å²) >= 11 is 0. The van der Waals surface area contributed by atoms with Gasteiger partial charge in [-0.3, -0.25) is 0 Å². The smallest absolute Gasteiger partial charge is 0.206 e. The SMILES string of the molecule is C=C(C)CCCCCCC(F)=C(F)F. The molecule has 0 radical (unpaired) electrons. The molecule has 0 amide bonds. The van der Waals surface area contributed by atoms with E-state index < -0.39 is 11.9 Å². The van der Waals surface area contributed by atoms with Crippen LogP contribution in [0.5, 0.6) is 0 Å². The van der Waals surface area contributed by atoms with Crippen LogP contribution in [0.1, 0.15) is 45.4 Å². The van der Waals surface area contributed by atoms with Crippen molar-refractivity contribution < 1.29 is 13.2 Å². The van der Waals surface area contributed by atoms with Crippen molar-refractivity contribution in [2.45, 2.75) is 45.4 Å². The average molecular weight is 206 g/mol. The molecule has 0 aliphatic heterocycles. The van der Waals surface area contributed by atoms with Gasteiger partial charge in [0.05, 0.1) is 0 Å². The molecule has 0 aliphatic rings. The van der Waals surface area contributed by atoms with Crippen LogP contribution in [0.4, 0.5) is 13.2 Å². The maximum Gasteiger partial charge on any atom is 0.301 e. The van der Waals surface area contributed by atoms with E-state index >= 15 is 0 Å². The number of rotatable bonds is 7. The van der Waals surface area contributed by atoms with Gasteiger partial charge in [-0.15, -0.1) is 6.58 Å². The molecule has 0 aromatic heterocycles. The lowest BCUT2D eigenvalue weighted by Gasteiger charge is -2.00. The highest BCUT2D eigenvalue weighted by molar-refractivity contribution is 4.91. The molecule has 0 spiro atoms. The molecule has 3 heteroatoms. The number of hydrogen-bond donors (Lipinski definition) is 0. The molecule has 14 heavy (non-hydrogen) atoms. The van der Waals surface area contributed by atoms with E-state index in [1.54, 1.807) is 0 Å². The van der Waals surface area contributed by atoms with Crippen LogP contribution in [0.25, 0.3) is 0 Å². The van der Waals surface area contributed by atoms with E-state index in [0.717, 1.165) is 31.3 Å². The Morgan fingerprint density at radius 2 is 1.43 bits per heavy atom. The van der Waals surface area contributed by atoms with Gasteiger partial charge in [0.25, 0.3) is 0 Å². The Morgan fingerprint density at radius 3 is 1.86 bits per heavy atom. The summed E-state index contributed by atoms with van der Waals surface area (Å²) < 4.78 is 35.5. The van der Waals surface area contributed by atoms with Gasteiger partial charge >= 0.3 is 6.08 Å². The van der Waals surface area contributed by atoms with E-state index in [9.17, 15) is 13.2 Å². The Morgan fingerprint density at radius 1 is 0.929 bits per heavy atom. The lowest BCUT2D eigenvalue weighted by Crippen LogP contribution is -1.82. The Hall–Kier alpha value is -0.730. The van der Waals surface area contributed by atoms with E-state index in [-0.39, 0.29) is 6.42 Å². The van der Waals surface area contributed by atoms with Crippen molar-refractivity contribution in [2.75, 3.05) is 0 Å². The zero-order valence-electron chi connectivity index (χ0n) is 8.58. The van der Waals surface area contributed by atoms with Crippen molar-refractivity contribution in [2.24, 2.45) is 0 Å². The van der Waals surface area contributed by atoms with Crippen LogP contribution in [0, 0.1) is 0 Å². The molecule has 0 saturated carbocycles. The van der Waals surface area contributed by atoms with E-state index in [1.165, 1.54) is 0 Å². The normalized spacial score (nSPS) is 10.0. The predicted octanol–water partition coefficient (Wildman–Crippen LogP) is 4.98. The number of halogens is 3. The molecule has 0 rings (SSSR count). The molecule has 0 unspecified atom stereocenters. The highest BCUT2D eigenvalue weighted by atomic mass is 19.3. The summed E-state index contributed by atoms with van der Waals surface area (Å²) in [5.74, 6) is -1.26. The topological polar surface area (TPSA) is 0 Å².